The molecule has 0 saturated heterocycles. The van der Waals surface area contributed by atoms with Crippen LogP contribution in [0.5, 0.6) is 0 Å². The molecule has 0 aliphatic carbocycles. The third-order valence-corrected chi connectivity index (χ3v) is 9.12. The van der Waals surface area contributed by atoms with Gasteiger partial charge in [0.15, 0.2) is 0 Å². The van der Waals surface area contributed by atoms with Crippen LogP contribution < -0.4 is 9.03 Å². The molecule has 4 aromatic carbocycles. The fourth-order valence-corrected chi connectivity index (χ4v) is 7.04. The van der Waals surface area contributed by atoms with E-state index in [9.17, 15) is 21.2 Å². The van der Waals surface area contributed by atoms with Crippen LogP contribution in [0.15, 0.2) is 94.7 Å². The Bertz CT molecular complexity index is 1600. The van der Waals surface area contributed by atoms with E-state index in [1.807, 2.05) is 18.2 Å². The van der Waals surface area contributed by atoms with Crippen molar-refractivity contribution in [1.29, 1.82) is 0 Å². The highest BCUT2D eigenvalue weighted by atomic mass is 32.2. The first-order valence-corrected chi connectivity index (χ1v) is 13.6. The minimum atomic E-state index is -3.94. The molecule has 0 aromatic heterocycles. The molecule has 9 heteroatoms. The molecule has 34 heavy (non-hydrogen) atoms. The number of anilines is 2. The second-order valence-electron chi connectivity index (χ2n) is 8.06. The normalized spacial score (nSPS) is 14.1. The lowest BCUT2D eigenvalue weighted by molar-refractivity contribution is 0.585. The van der Waals surface area contributed by atoms with E-state index in [0.29, 0.717) is 23.9 Å². The minimum absolute atomic E-state index is 0.0245. The van der Waals surface area contributed by atoms with Crippen molar-refractivity contribution < 1.29 is 21.2 Å². The predicted molar refractivity (Wildman–Crippen MR) is 130 cm³/mol. The highest BCUT2D eigenvalue weighted by Crippen LogP contribution is 2.35. The average molecular weight is 497 g/mol. The Kier molecular flexibility index (Phi) is 5.53. The number of halogens is 1. The van der Waals surface area contributed by atoms with Gasteiger partial charge in [0.05, 0.1) is 21.2 Å². The fourth-order valence-electron chi connectivity index (χ4n) is 4.23. The van der Waals surface area contributed by atoms with E-state index in [4.69, 9.17) is 0 Å². The van der Waals surface area contributed by atoms with Crippen LogP contribution in [0.3, 0.4) is 0 Å². The maximum Gasteiger partial charge on any atom is 0.264 e. The number of rotatable bonds is 5. The topological polar surface area (TPSA) is 83.6 Å². The number of sulfonamides is 2. The first kappa shape index (κ1) is 22.4. The summed E-state index contributed by atoms with van der Waals surface area (Å²) < 4.78 is 70.2. The van der Waals surface area contributed by atoms with Crippen molar-refractivity contribution in [2.75, 3.05) is 15.6 Å². The van der Waals surface area contributed by atoms with Gasteiger partial charge in [-0.15, -0.1) is 0 Å². The number of benzene rings is 4. The lowest BCUT2D eigenvalue weighted by atomic mass is 10.0. The van der Waals surface area contributed by atoms with Crippen LogP contribution in [0.4, 0.5) is 15.8 Å². The van der Waals surface area contributed by atoms with E-state index in [1.54, 1.807) is 30.3 Å². The monoisotopic (exact) mass is 496 g/mol. The first-order valence-electron chi connectivity index (χ1n) is 10.7. The minimum Gasteiger partial charge on any atom is -0.280 e. The van der Waals surface area contributed by atoms with Crippen molar-refractivity contribution in [3.8, 4) is 0 Å². The van der Waals surface area contributed by atoms with Crippen LogP contribution in [0.25, 0.3) is 10.8 Å². The number of fused-ring (bicyclic) bond motifs is 2. The molecule has 174 valence electrons. The summed E-state index contributed by atoms with van der Waals surface area (Å²) in [6.07, 6.45) is 1.29. The zero-order valence-corrected chi connectivity index (χ0v) is 19.6. The third-order valence-electron chi connectivity index (χ3n) is 5.85. The Morgan fingerprint density at radius 2 is 1.56 bits per heavy atom. The van der Waals surface area contributed by atoms with Gasteiger partial charge in [0.1, 0.15) is 5.82 Å². The Hall–Kier alpha value is -3.43. The van der Waals surface area contributed by atoms with Crippen LogP contribution in [0, 0.1) is 5.82 Å². The molecule has 0 saturated carbocycles. The number of aryl methyl sites for hydroxylation is 1. The van der Waals surface area contributed by atoms with Crippen molar-refractivity contribution in [3.63, 3.8) is 0 Å². The van der Waals surface area contributed by atoms with Crippen molar-refractivity contribution in [2.24, 2.45) is 0 Å². The fraction of sp³-hybridized carbons (Fsp3) is 0.120. The zero-order valence-electron chi connectivity index (χ0n) is 18.0. The predicted octanol–water partition coefficient (Wildman–Crippen LogP) is 4.92. The van der Waals surface area contributed by atoms with Crippen LogP contribution in [-0.2, 0) is 26.5 Å². The summed E-state index contributed by atoms with van der Waals surface area (Å²) in [5.74, 6) is -0.525. The summed E-state index contributed by atoms with van der Waals surface area (Å²) in [7, 11) is -7.88. The van der Waals surface area contributed by atoms with Gasteiger partial charge < -0.3 is 0 Å². The molecule has 0 bridgehead atoms. The van der Waals surface area contributed by atoms with Crippen LogP contribution in [-0.4, -0.2) is 23.4 Å². The molecule has 1 N–H and O–H groups in total. The van der Waals surface area contributed by atoms with E-state index in [-0.39, 0.29) is 22.0 Å². The number of nitrogens with one attached hydrogen (secondary N) is 1. The lowest BCUT2D eigenvalue weighted by Crippen LogP contribution is -2.35. The van der Waals surface area contributed by atoms with E-state index in [1.165, 1.54) is 28.6 Å². The molecule has 5 rings (SSSR count). The van der Waals surface area contributed by atoms with Crippen molar-refractivity contribution in [2.45, 2.75) is 22.6 Å². The molecule has 6 nitrogen and oxygen atoms in total. The molecular formula is C25H21FN2O4S2. The smallest absolute Gasteiger partial charge is 0.264 e. The summed E-state index contributed by atoms with van der Waals surface area (Å²) in [4.78, 5) is 0.114. The summed E-state index contributed by atoms with van der Waals surface area (Å²) in [6.45, 7) is 0.242. The maximum atomic E-state index is 13.3. The SMILES string of the molecule is O=S(=O)(Nc1ccc2c(c1)N(S(=O)(=O)c1ccc(F)cc1)CCC2)c1cccc2ccccc12. The number of nitrogens with zero attached hydrogens (tertiary/aromatic N) is 1. The summed E-state index contributed by atoms with van der Waals surface area (Å²) in [6, 6.07) is 21.8. The first-order chi connectivity index (χ1) is 16.3. The van der Waals surface area contributed by atoms with Crippen molar-refractivity contribution in [3.05, 3.63) is 96.3 Å². The molecular weight excluding hydrogens is 475 g/mol. The van der Waals surface area contributed by atoms with E-state index in [0.717, 1.165) is 23.1 Å². The Morgan fingerprint density at radius 3 is 2.35 bits per heavy atom. The second-order valence-corrected chi connectivity index (χ2v) is 11.6. The standard InChI is InChI=1S/C25H21FN2O4S2/c26-20-11-14-22(15-12-20)34(31,32)28-16-4-7-19-10-13-21(17-24(19)28)27-33(29,30)25-9-3-6-18-5-1-2-8-23(18)25/h1-3,5-6,8-15,17,27H,4,7,16H2. The summed E-state index contributed by atoms with van der Waals surface area (Å²) >= 11 is 0. The average Bonchev–Trinajstić information content (AvgIpc) is 2.83. The van der Waals surface area contributed by atoms with Gasteiger partial charge in [0.25, 0.3) is 20.0 Å². The van der Waals surface area contributed by atoms with Gasteiger partial charge in [-0.25, -0.2) is 21.2 Å². The Labute approximate surface area is 197 Å². The van der Waals surface area contributed by atoms with Gasteiger partial charge in [0.2, 0.25) is 0 Å². The van der Waals surface area contributed by atoms with Crippen LogP contribution in [0.1, 0.15) is 12.0 Å². The van der Waals surface area contributed by atoms with Crippen molar-refractivity contribution >= 4 is 42.2 Å². The maximum absolute atomic E-state index is 13.3. The van der Waals surface area contributed by atoms with E-state index >= 15 is 0 Å². The van der Waals surface area contributed by atoms with Gasteiger partial charge in [0, 0.05) is 11.9 Å². The molecule has 0 radical (unpaired) electrons. The van der Waals surface area contributed by atoms with Gasteiger partial charge in [-0.2, -0.15) is 0 Å². The zero-order chi connectivity index (χ0) is 23.9. The Balaban J connectivity index is 1.53. The van der Waals surface area contributed by atoms with Crippen molar-refractivity contribution in [1.82, 2.24) is 0 Å². The molecule has 0 spiro atoms. The van der Waals surface area contributed by atoms with Crippen LogP contribution in [0.2, 0.25) is 0 Å². The molecule has 0 amide bonds. The summed E-state index contributed by atoms with van der Waals surface area (Å²) in [5, 5.41) is 1.39. The highest BCUT2D eigenvalue weighted by molar-refractivity contribution is 7.93. The molecule has 1 aliphatic heterocycles. The number of hydrogen-bond acceptors (Lipinski definition) is 4. The van der Waals surface area contributed by atoms with E-state index in [2.05, 4.69) is 4.72 Å². The molecule has 1 heterocycles. The number of hydrogen-bond donors (Lipinski definition) is 1. The highest BCUT2D eigenvalue weighted by Gasteiger charge is 2.30. The molecule has 0 atom stereocenters. The van der Waals surface area contributed by atoms with Crippen LogP contribution >= 0.6 is 0 Å². The third kappa shape index (κ3) is 4.01. The van der Waals surface area contributed by atoms with Gasteiger partial charge in [-0.3, -0.25) is 9.03 Å². The molecule has 1 aliphatic rings. The van der Waals surface area contributed by atoms with Gasteiger partial charge >= 0.3 is 0 Å². The quantitative estimate of drug-likeness (QED) is 0.425. The largest absolute Gasteiger partial charge is 0.280 e. The summed E-state index contributed by atoms with van der Waals surface area (Å²) in [5.41, 5.74) is 1.46. The molecule has 0 unspecified atom stereocenters. The second kappa shape index (κ2) is 8.41. The Morgan fingerprint density at radius 1 is 0.824 bits per heavy atom. The lowest BCUT2D eigenvalue weighted by Gasteiger charge is -2.31. The van der Waals surface area contributed by atoms with Gasteiger partial charge in [-0.1, -0.05) is 42.5 Å². The molecule has 0 fully saturated rings. The molecule has 4 aromatic rings. The van der Waals surface area contributed by atoms with E-state index < -0.39 is 25.9 Å². The van der Waals surface area contributed by atoms with Gasteiger partial charge in [-0.05, 0) is 66.3 Å².